The van der Waals surface area contributed by atoms with Gasteiger partial charge in [0.25, 0.3) is 0 Å². The highest BCUT2D eigenvalue weighted by atomic mass is 16.1. The Kier molecular flexibility index (Phi) is 5.07. The van der Waals surface area contributed by atoms with Crippen molar-refractivity contribution in [1.82, 2.24) is 9.97 Å². The van der Waals surface area contributed by atoms with E-state index < -0.39 is 0 Å². The highest BCUT2D eigenvalue weighted by Gasteiger charge is 2.09. The number of Topliss-reactive ketones (excluding diaryl/α,β-unsaturated/α-hetero) is 1. The molecule has 100 valence electrons. The van der Waals surface area contributed by atoms with Gasteiger partial charge < -0.3 is 10.2 Å². The summed E-state index contributed by atoms with van der Waals surface area (Å²) in [5.74, 6) is 2.39. The number of carbonyl (C=O) groups is 1. The molecule has 1 aromatic heterocycles. The second kappa shape index (κ2) is 6.33. The second-order valence-electron chi connectivity index (χ2n) is 4.67. The fourth-order valence-electron chi connectivity index (χ4n) is 1.59. The molecule has 1 heterocycles. The molecule has 1 atom stereocenters. The minimum absolute atomic E-state index is 0.116. The third-order valence-electron chi connectivity index (χ3n) is 2.68. The summed E-state index contributed by atoms with van der Waals surface area (Å²) in [4.78, 5) is 21.6. The van der Waals surface area contributed by atoms with Crippen molar-refractivity contribution in [1.29, 1.82) is 0 Å². The van der Waals surface area contributed by atoms with Crippen LogP contribution in [0.2, 0.25) is 0 Å². The van der Waals surface area contributed by atoms with Crippen LogP contribution in [0.5, 0.6) is 0 Å². The molecule has 0 fully saturated rings. The molecule has 0 aliphatic rings. The van der Waals surface area contributed by atoms with Crippen LogP contribution in [0.3, 0.4) is 0 Å². The van der Waals surface area contributed by atoms with Crippen LogP contribution in [-0.2, 0) is 4.79 Å². The van der Waals surface area contributed by atoms with Gasteiger partial charge in [0, 0.05) is 19.2 Å². The van der Waals surface area contributed by atoms with E-state index >= 15 is 0 Å². The quantitative estimate of drug-likeness (QED) is 0.837. The first kappa shape index (κ1) is 14.4. The van der Waals surface area contributed by atoms with Gasteiger partial charge >= 0.3 is 0 Å². The fourth-order valence-corrected chi connectivity index (χ4v) is 1.59. The minimum Gasteiger partial charge on any atom is -0.367 e. The van der Waals surface area contributed by atoms with Crippen molar-refractivity contribution in [3.05, 3.63) is 11.9 Å². The third-order valence-corrected chi connectivity index (χ3v) is 2.68. The Labute approximate surface area is 109 Å². The molecule has 0 saturated heterocycles. The first-order valence-corrected chi connectivity index (χ1v) is 6.25. The van der Waals surface area contributed by atoms with E-state index in [1.807, 2.05) is 24.9 Å². The van der Waals surface area contributed by atoms with E-state index in [9.17, 15) is 4.79 Å². The van der Waals surface area contributed by atoms with Crippen LogP contribution in [0.15, 0.2) is 6.07 Å². The Morgan fingerprint density at radius 3 is 2.72 bits per heavy atom. The van der Waals surface area contributed by atoms with E-state index in [1.165, 1.54) is 0 Å². The normalized spacial score (nSPS) is 12.1. The number of rotatable bonds is 6. The van der Waals surface area contributed by atoms with E-state index in [1.54, 1.807) is 6.92 Å². The molecular weight excluding hydrogens is 228 g/mol. The topological polar surface area (TPSA) is 58.1 Å². The number of ketones is 1. The molecule has 5 heteroatoms. The SMILES string of the molecule is CCC(C)Nc1cc(N(C)CC(C)=O)nc(C)n1. The van der Waals surface area contributed by atoms with Crippen molar-refractivity contribution in [3.63, 3.8) is 0 Å². The van der Waals surface area contributed by atoms with Gasteiger partial charge in [0.1, 0.15) is 23.2 Å². The van der Waals surface area contributed by atoms with Crippen LogP contribution < -0.4 is 10.2 Å². The molecule has 18 heavy (non-hydrogen) atoms. The smallest absolute Gasteiger partial charge is 0.149 e. The number of aryl methyl sites for hydroxylation is 1. The van der Waals surface area contributed by atoms with Crippen LogP contribution in [0.1, 0.15) is 33.0 Å². The van der Waals surface area contributed by atoms with Gasteiger partial charge in [0.2, 0.25) is 0 Å². The maximum atomic E-state index is 11.1. The van der Waals surface area contributed by atoms with Crippen molar-refractivity contribution in [2.75, 3.05) is 23.8 Å². The molecule has 1 N–H and O–H groups in total. The Hall–Kier alpha value is -1.65. The largest absolute Gasteiger partial charge is 0.367 e. The zero-order chi connectivity index (χ0) is 13.7. The average molecular weight is 250 g/mol. The molecule has 0 aromatic carbocycles. The maximum Gasteiger partial charge on any atom is 0.149 e. The molecular formula is C13H22N4O. The Morgan fingerprint density at radius 2 is 2.17 bits per heavy atom. The number of likely N-dealkylation sites (N-methyl/N-ethyl adjacent to an activating group) is 1. The van der Waals surface area contributed by atoms with E-state index in [0.717, 1.165) is 18.1 Å². The Balaban J connectivity index is 2.89. The highest BCUT2D eigenvalue weighted by molar-refractivity contribution is 5.80. The number of hydrogen-bond donors (Lipinski definition) is 1. The molecule has 0 saturated carbocycles. The molecule has 0 radical (unpaired) electrons. The molecule has 1 rings (SSSR count). The molecule has 1 unspecified atom stereocenters. The van der Waals surface area contributed by atoms with Crippen LogP contribution >= 0.6 is 0 Å². The molecule has 0 aliphatic carbocycles. The number of nitrogens with one attached hydrogen (secondary N) is 1. The lowest BCUT2D eigenvalue weighted by molar-refractivity contribution is -0.115. The van der Waals surface area contributed by atoms with E-state index in [4.69, 9.17) is 0 Å². The van der Waals surface area contributed by atoms with Crippen molar-refractivity contribution in [3.8, 4) is 0 Å². The van der Waals surface area contributed by atoms with Gasteiger partial charge in [-0.3, -0.25) is 4.79 Å². The average Bonchev–Trinajstić information content (AvgIpc) is 2.27. The zero-order valence-corrected chi connectivity index (χ0v) is 11.8. The zero-order valence-electron chi connectivity index (χ0n) is 11.8. The third kappa shape index (κ3) is 4.31. The lowest BCUT2D eigenvalue weighted by Gasteiger charge is -2.19. The number of anilines is 2. The summed E-state index contributed by atoms with van der Waals surface area (Å²) >= 11 is 0. The number of carbonyl (C=O) groups excluding carboxylic acids is 1. The van der Waals surface area contributed by atoms with E-state index in [0.29, 0.717) is 18.4 Å². The van der Waals surface area contributed by atoms with Crippen molar-refractivity contribution in [2.45, 2.75) is 40.2 Å². The standard InChI is InChI=1S/C13H22N4O/c1-6-9(2)14-12-7-13(16-11(4)15-12)17(5)8-10(3)18/h7,9H,6,8H2,1-5H3,(H,14,15,16). The van der Waals surface area contributed by atoms with Gasteiger partial charge in [-0.05, 0) is 27.2 Å². The van der Waals surface area contributed by atoms with E-state index in [-0.39, 0.29) is 5.78 Å². The van der Waals surface area contributed by atoms with Crippen LogP contribution in [0.4, 0.5) is 11.6 Å². The van der Waals surface area contributed by atoms with E-state index in [2.05, 4.69) is 29.1 Å². The summed E-state index contributed by atoms with van der Waals surface area (Å²) in [6.45, 7) is 8.01. The first-order valence-electron chi connectivity index (χ1n) is 6.25. The first-order chi connectivity index (χ1) is 8.42. The molecule has 5 nitrogen and oxygen atoms in total. The summed E-state index contributed by atoms with van der Waals surface area (Å²) in [7, 11) is 1.86. The molecule has 0 spiro atoms. The van der Waals surface area contributed by atoms with Gasteiger partial charge in [0.05, 0.1) is 6.54 Å². The predicted octanol–water partition coefficient (Wildman–Crippen LogP) is 2.02. The Bertz CT molecular complexity index is 419. The monoisotopic (exact) mass is 250 g/mol. The number of nitrogens with zero attached hydrogens (tertiary/aromatic N) is 3. The van der Waals surface area contributed by atoms with Crippen molar-refractivity contribution >= 4 is 17.4 Å². The molecule has 0 aliphatic heterocycles. The van der Waals surface area contributed by atoms with Crippen LogP contribution in [-0.4, -0.2) is 35.4 Å². The lowest BCUT2D eigenvalue weighted by atomic mass is 10.2. The summed E-state index contributed by atoms with van der Waals surface area (Å²) in [5, 5.41) is 3.32. The van der Waals surface area contributed by atoms with Crippen molar-refractivity contribution in [2.24, 2.45) is 0 Å². The fraction of sp³-hybridized carbons (Fsp3) is 0.615. The predicted molar refractivity (Wildman–Crippen MR) is 74.1 cm³/mol. The number of hydrogen-bond acceptors (Lipinski definition) is 5. The summed E-state index contributed by atoms with van der Waals surface area (Å²) in [5.41, 5.74) is 0. The van der Waals surface area contributed by atoms with Crippen molar-refractivity contribution < 1.29 is 4.79 Å². The summed E-state index contributed by atoms with van der Waals surface area (Å²) in [6, 6.07) is 2.24. The summed E-state index contributed by atoms with van der Waals surface area (Å²) in [6.07, 6.45) is 1.03. The van der Waals surface area contributed by atoms with Gasteiger partial charge in [-0.25, -0.2) is 9.97 Å². The lowest BCUT2D eigenvalue weighted by Crippen LogP contribution is -2.25. The molecule has 1 aromatic rings. The Morgan fingerprint density at radius 1 is 1.50 bits per heavy atom. The van der Waals surface area contributed by atoms with Gasteiger partial charge in [-0.2, -0.15) is 0 Å². The van der Waals surface area contributed by atoms with Crippen LogP contribution in [0.25, 0.3) is 0 Å². The second-order valence-corrected chi connectivity index (χ2v) is 4.67. The minimum atomic E-state index is 0.116. The van der Waals surface area contributed by atoms with Crippen LogP contribution in [0, 0.1) is 6.92 Å². The maximum absolute atomic E-state index is 11.1. The number of aromatic nitrogens is 2. The highest BCUT2D eigenvalue weighted by Crippen LogP contribution is 2.15. The summed E-state index contributed by atoms with van der Waals surface area (Å²) < 4.78 is 0. The van der Waals surface area contributed by atoms with Gasteiger partial charge in [-0.15, -0.1) is 0 Å². The molecule has 0 bridgehead atoms. The molecule has 0 amide bonds. The van der Waals surface area contributed by atoms with Gasteiger partial charge in [-0.1, -0.05) is 6.92 Å². The van der Waals surface area contributed by atoms with Gasteiger partial charge in [0.15, 0.2) is 0 Å².